The molecule has 0 atom stereocenters. The maximum atomic E-state index is 12.4. The average molecular weight is 196 g/mol. The van der Waals surface area contributed by atoms with Gasteiger partial charge >= 0.3 is 6.18 Å². The summed E-state index contributed by atoms with van der Waals surface area (Å²) in [5.74, 6) is -2.22. The van der Waals surface area contributed by atoms with E-state index in [-0.39, 0.29) is 0 Å². The zero-order chi connectivity index (χ0) is 10.6. The molecule has 0 aliphatic carbocycles. The van der Waals surface area contributed by atoms with Gasteiger partial charge in [-0.1, -0.05) is 19.2 Å². The van der Waals surface area contributed by atoms with E-state index in [0.717, 1.165) is 7.11 Å². The summed E-state index contributed by atoms with van der Waals surface area (Å²) in [5.41, 5.74) is -1.28. The highest BCUT2D eigenvalue weighted by Gasteiger charge is 2.35. The first-order chi connectivity index (χ1) is 5.84. The van der Waals surface area contributed by atoms with Crippen LogP contribution in [-0.2, 0) is 4.74 Å². The molecule has 5 heteroatoms. The van der Waals surface area contributed by atoms with Gasteiger partial charge in [0.1, 0.15) is 0 Å². The summed E-state index contributed by atoms with van der Waals surface area (Å²) in [5, 5.41) is 0. The van der Waals surface area contributed by atoms with E-state index in [4.69, 9.17) is 0 Å². The molecular formula is C8H8F4O. The Hall–Kier alpha value is -1.26. The molecule has 1 nitrogen and oxygen atoms in total. The minimum Gasteiger partial charge on any atom is -0.493 e. The lowest BCUT2D eigenvalue weighted by atomic mass is 10.2. The summed E-state index contributed by atoms with van der Waals surface area (Å²) in [6, 6.07) is 0. The number of methoxy groups -OCH3 is 1. The van der Waals surface area contributed by atoms with Gasteiger partial charge in [-0.25, -0.2) is 4.39 Å². The highest BCUT2D eigenvalue weighted by Crippen LogP contribution is 2.31. The zero-order valence-corrected chi connectivity index (χ0v) is 6.91. The van der Waals surface area contributed by atoms with Crippen molar-refractivity contribution in [3.05, 3.63) is 36.4 Å². The van der Waals surface area contributed by atoms with E-state index < -0.39 is 23.3 Å². The van der Waals surface area contributed by atoms with Crippen molar-refractivity contribution in [1.29, 1.82) is 0 Å². The minimum absolute atomic E-state index is 0.476. The molecule has 0 spiro atoms. The molecule has 0 bridgehead atoms. The Labute approximate surface area is 73.0 Å². The van der Waals surface area contributed by atoms with Gasteiger partial charge in [-0.2, -0.15) is 13.2 Å². The number of rotatable bonds is 3. The largest absolute Gasteiger partial charge is 0.493 e. The molecule has 74 valence electrons. The van der Waals surface area contributed by atoms with Crippen molar-refractivity contribution < 1.29 is 22.3 Å². The van der Waals surface area contributed by atoms with E-state index in [0.29, 0.717) is 6.08 Å². The fourth-order valence-corrected chi connectivity index (χ4v) is 0.704. The van der Waals surface area contributed by atoms with Gasteiger partial charge < -0.3 is 4.74 Å². The van der Waals surface area contributed by atoms with Gasteiger partial charge in [0.05, 0.1) is 12.7 Å². The van der Waals surface area contributed by atoms with Crippen molar-refractivity contribution in [3.8, 4) is 0 Å². The topological polar surface area (TPSA) is 9.23 Å². The second kappa shape index (κ2) is 4.11. The smallest absolute Gasteiger partial charge is 0.420 e. The van der Waals surface area contributed by atoms with Crippen LogP contribution >= 0.6 is 0 Å². The average Bonchev–Trinajstić information content (AvgIpc) is 1.96. The van der Waals surface area contributed by atoms with Crippen LogP contribution in [0.1, 0.15) is 0 Å². The van der Waals surface area contributed by atoms with Crippen LogP contribution in [0.4, 0.5) is 17.6 Å². The van der Waals surface area contributed by atoms with Gasteiger partial charge in [-0.05, 0) is 0 Å². The second-order valence-corrected chi connectivity index (χ2v) is 2.05. The lowest BCUT2D eigenvalue weighted by Gasteiger charge is -2.11. The SMILES string of the molecule is C=C/C(=C(/OC)C(=C)F)C(F)(F)F. The molecule has 0 saturated carbocycles. The highest BCUT2D eigenvalue weighted by molar-refractivity contribution is 5.33. The zero-order valence-electron chi connectivity index (χ0n) is 6.91. The van der Waals surface area contributed by atoms with Crippen LogP contribution in [0.25, 0.3) is 0 Å². The Morgan fingerprint density at radius 3 is 1.92 bits per heavy atom. The van der Waals surface area contributed by atoms with Gasteiger partial charge in [0.2, 0.25) is 0 Å². The maximum Gasteiger partial charge on any atom is 0.420 e. The van der Waals surface area contributed by atoms with Gasteiger partial charge in [0, 0.05) is 0 Å². The first-order valence-electron chi connectivity index (χ1n) is 3.17. The van der Waals surface area contributed by atoms with Gasteiger partial charge in [0.25, 0.3) is 0 Å². The molecule has 0 radical (unpaired) electrons. The molecule has 0 heterocycles. The molecule has 0 aliphatic rings. The Kier molecular flexibility index (Phi) is 3.71. The third-order valence-electron chi connectivity index (χ3n) is 1.20. The number of ether oxygens (including phenoxy) is 1. The number of halogens is 4. The molecule has 0 aromatic rings. The van der Waals surface area contributed by atoms with E-state index >= 15 is 0 Å². The van der Waals surface area contributed by atoms with Crippen LogP contribution in [0.2, 0.25) is 0 Å². The van der Waals surface area contributed by atoms with Crippen LogP contribution in [-0.4, -0.2) is 13.3 Å². The van der Waals surface area contributed by atoms with Crippen molar-refractivity contribution in [3.63, 3.8) is 0 Å². The van der Waals surface area contributed by atoms with E-state index in [1.54, 1.807) is 0 Å². The standard InChI is InChI=1S/C8H8F4O/c1-4-6(8(10,11)12)7(13-3)5(2)9/h4H,1-2H2,3H3/b7-6-. The van der Waals surface area contributed by atoms with Crippen LogP contribution in [0.5, 0.6) is 0 Å². The Morgan fingerprint density at radius 2 is 1.85 bits per heavy atom. The van der Waals surface area contributed by atoms with Crippen LogP contribution < -0.4 is 0 Å². The van der Waals surface area contributed by atoms with Crippen molar-refractivity contribution in [2.24, 2.45) is 0 Å². The second-order valence-electron chi connectivity index (χ2n) is 2.05. The Morgan fingerprint density at radius 1 is 1.38 bits per heavy atom. The molecule has 0 rings (SSSR count). The minimum atomic E-state index is -4.69. The molecule has 0 aromatic carbocycles. The summed E-state index contributed by atoms with van der Waals surface area (Å²) in [7, 11) is 0.926. The Bertz CT molecular complexity index is 249. The summed E-state index contributed by atoms with van der Waals surface area (Å²) < 4.78 is 52.9. The van der Waals surface area contributed by atoms with E-state index in [1.807, 2.05) is 0 Å². The van der Waals surface area contributed by atoms with Gasteiger partial charge in [-0.3, -0.25) is 0 Å². The lowest BCUT2D eigenvalue weighted by Crippen LogP contribution is -2.13. The Balaban J connectivity index is 5.31. The number of alkyl halides is 3. The molecule has 13 heavy (non-hydrogen) atoms. The molecular weight excluding hydrogens is 188 g/mol. The molecule has 0 saturated heterocycles. The first kappa shape index (κ1) is 11.7. The van der Waals surface area contributed by atoms with Crippen molar-refractivity contribution >= 4 is 0 Å². The van der Waals surface area contributed by atoms with Crippen molar-refractivity contribution in [2.45, 2.75) is 6.18 Å². The number of hydrogen-bond acceptors (Lipinski definition) is 1. The predicted octanol–water partition coefficient (Wildman–Crippen LogP) is 3.12. The van der Waals surface area contributed by atoms with Crippen LogP contribution in [0, 0.1) is 0 Å². The fourth-order valence-electron chi connectivity index (χ4n) is 0.704. The lowest BCUT2D eigenvalue weighted by molar-refractivity contribution is -0.0912. The van der Waals surface area contributed by atoms with Crippen LogP contribution in [0.3, 0.4) is 0 Å². The van der Waals surface area contributed by atoms with Crippen molar-refractivity contribution in [2.75, 3.05) is 7.11 Å². The van der Waals surface area contributed by atoms with Crippen LogP contribution in [0.15, 0.2) is 36.4 Å². The fraction of sp³-hybridized carbons (Fsp3) is 0.250. The number of hydrogen-bond donors (Lipinski definition) is 0. The van der Waals surface area contributed by atoms with Gasteiger partial charge in [0.15, 0.2) is 11.6 Å². The van der Waals surface area contributed by atoms with Crippen molar-refractivity contribution in [1.82, 2.24) is 0 Å². The molecule has 0 fully saturated rings. The highest BCUT2D eigenvalue weighted by atomic mass is 19.4. The number of allylic oxidation sites excluding steroid dienone is 3. The van der Waals surface area contributed by atoms with E-state index in [2.05, 4.69) is 17.9 Å². The molecule has 0 aliphatic heterocycles. The maximum absolute atomic E-state index is 12.4. The predicted molar refractivity (Wildman–Crippen MR) is 40.5 cm³/mol. The third kappa shape index (κ3) is 2.93. The quantitative estimate of drug-likeness (QED) is 0.383. The van der Waals surface area contributed by atoms with Gasteiger partial charge in [-0.15, -0.1) is 0 Å². The molecule has 0 amide bonds. The van der Waals surface area contributed by atoms with E-state index in [9.17, 15) is 17.6 Å². The summed E-state index contributed by atoms with van der Waals surface area (Å²) in [6.07, 6.45) is -4.22. The summed E-state index contributed by atoms with van der Waals surface area (Å²) >= 11 is 0. The first-order valence-corrected chi connectivity index (χ1v) is 3.17. The summed E-state index contributed by atoms with van der Waals surface area (Å²) in [6.45, 7) is 5.62. The molecule has 0 aromatic heterocycles. The normalized spacial score (nSPS) is 13.3. The third-order valence-corrected chi connectivity index (χ3v) is 1.20. The summed E-state index contributed by atoms with van der Waals surface area (Å²) in [4.78, 5) is 0. The van der Waals surface area contributed by atoms with E-state index in [1.165, 1.54) is 0 Å². The molecule has 0 unspecified atom stereocenters. The molecule has 0 N–H and O–H groups in total. The monoisotopic (exact) mass is 196 g/mol.